The number of fused-ring (bicyclic) bond motifs is 1. The van der Waals surface area contributed by atoms with Crippen molar-refractivity contribution in [1.82, 2.24) is 10.2 Å². The summed E-state index contributed by atoms with van der Waals surface area (Å²) < 4.78 is 5.15. The topological polar surface area (TPSA) is 37.9 Å². The average Bonchev–Trinajstić information content (AvgIpc) is 2.79. The van der Waals surface area contributed by atoms with Gasteiger partial charge in [0.2, 0.25) is 0 Å². The van der Waals surface area contributed by atoms with Gasteiger partial charge in [0, 0.05) is 29.2 Å². The van der Waals surface area contributed by atoms with E-state index in [4.69, 9.17) is 16.3 Å². The van der Waals surface area contributed by atoms with Crippen molar-refractivity contribution in [2.24, 2.45) is 5.41 Å². The Bertz CT molecular complexity index is 662. The van der Waals surface area contributed by atoms with E-state index < -0.39 is 0 Å². The molecule has 0 unspecified atom stereocenters. The number of H-pyrrole nitrogens is 1. The van der Waals surface area contributed by atoms with Crippen LogP contribution in [0.5, 0.6) is 0 Å². The first-order chi connectivity index (χ1) is 9.93. The number of nitrogens with zero attached hydrogens (tertiary/aromatic N) is 1. The second kappa shape index (κ2) is 7.49. The number of aromatic nitrogens is 2. The van der Waals surface area contributed by atoms with Crippen LogP contribution >= 0.6 is 11.6 Å². The molecule has 0 aliphatic heterocycles. The quantitative estimate of drug-likeness (QED) is 0.825. The van der Waals surface area contributed by atoms with Gasteiger partial charge < -0.3 is 4.74 Å². The fraction of sp³-hybridized carbons (Fsp3) is 0.471. The zero-order valence-electron chi connectivity index (χ0n) is 13.6. The molecule has 0 fully saturated rings. The number of aryl methyl sites for hydroxylation is 1. The van der Waals surface area contributed by atoms with Gasteiger partial charge >= 0.3 is 0 Å². The van der Waals surface area contributed by atoms with Crippen molar-refractivity contribution in [3.05, 3.63) is 28.4 Å². The molecule has 21 heavy (non-hydrogen) atoms. The highest BCUT2D eigenvalue weighted by atomic mass is 35.5. The molecule has 0 saturated carbocycles. The summed E-state index contributed by atoms with van der Waals surface area (Å²) in [5.41, 5.74) is 2.49. The van der Waals surface area contributed by atoms with E-state index in [1.807, 2.05) is 46.8 Å². The molecule has 0 spiro atoms. The van der Waals surface area contributed by atoms with Gasteiger partial charge in [0.25, 0.3) is 0 Å². The molecule has 0 aliphatic rings. The second-order valence-electron chi connectivity index (χ2n) is 5.26. The van der Waals surface area contributed by atoms with Gasteiger partial charge in [-0.3, -0.25) is 5.10 Å². The molecule has 0 atom stereocenters. The molecule has 1 aromatic carbocycles. The number of methoxy groups -OCH3 is 1. The molecule has 0 aliphatic carbocycles. The molecular formula is C17H23ClN2O. The zero-order valence-corrected chi connectivity index (χ0v) is 14.4. The van der Waals surface area contributed by atoms with Crippen molar-refractivity contribution in [3.63, 3.8) is 0 Å². The molecule has 0 amide bonds. The van der Waals surface area contributed by atoms with Crippen molar-refractivity contribution >= 4 is 22.5 Å². The third kappa shape index (κ3) is 4.49. The van der Waals surface area contributed by atoms with E-state index in [0.29, 0.717) is 11.6 Å². The zero-order chi connectivity index (χ0) is 16.0. The van der Waals surface area contributed by atoms with Crippen molar-refractivity contribution < 1.29 is 4.74 Å². The Hall–Kier alpha value is -1.50. The molecule has 2 aromatic rings. The van der Waals surface area contributed by atoms with Crippen LogP contribution in [0, 0.1) is 24.2 Å². The van der Waals surface area contributed by atoms with Crippen LogP contribution in [-0.2, 0) is 4.74 Å². The smallest absolute Gasteiger partial charge is 0.0937 e. The van der Waals surface area contributed by atoms with Crippen molar-refractivity contribution in [1.29, 1.82) is 0 Å². The maximum atomic E-state index is 6.26. The number of hydrogen-bond donors (Lipinski definition) is 1. The molecule has 0 bridgehead atoms. The number of hydrogen-bond acceptors (Lipinski definition) is 2. The first-order valence-corrected chi connectivity index (χ1v) is 7.47. The molecule has 3 nitrogen and oxygen atoms in total. The Labute approximate surface area is 132 Å². The summed E-state index contributed by atoms with van der Waals surface area (Å²) in [6, 6.07) is 3.82. The minimum atomic E-state index is -0.200. The molecule has 4 heteroatoms. The minimum absolute atomic E-state index is 0.200. The number of rotatable bonds is 2. The first kappa shape index (κ1) is 17.6. The number of benzene rings is 1. The fourth-order valence-electron chi connectivity index (χ4n) is 1.89. The number of aromatic amines is 1. The normalized spacial score (nSPS) is 10.6. The van der Waals surface area contributed by atoms with Crippen LogP contribution in [0.15, 0.2) is 12.1 Å². The van der Waals surface area contributed by atoms with Gasteiger partial charge in [0.15, 0.2) is 0 Å². The molecule has 1 aromatic heterocycles. The van der Waals surface area contributed by atoms with E-state index in [-0.39, 0.29) is 5.41 Å². The number of halogens is 1. The van der Waals surface area contributed by atoms with Crippen molar-refractivity contribution in [3.8, 4) is 11.8 Å². The average molecular weight is 307 g/mol. The van der Waals surface area contributed by atoms with E-state index in [9.17, 15) is 0 Å². The standard InChI is InChI=1S/C15H17ClN2O.C2H6/c1-10-12-8-13(16)11(7-14(12)18-17-10)5-6-15(2,3)9-19-4;1-2/h7-8H,9H2,1-4H3,(H,17,18);1-2H3. The van der Waals surface area contributed by atoms with Crippen LogP contribution in [-0.4, -0.2) is 23.9 Å². The minimum Gasteiger partial charge on any atom is -0.383 e. The van der Waals surface area contributed by atoms with Crippen LogP contribution < -0.4 is 0 Å². The first-order valence-electron chi connectivity index (χ1n) is 7.09. The highest BCUT2D eigenvalue weighted by Gasteiger charge is 2.13. The van der Waals surface area contributed by atoms with E-state index in [2.05, 4.69) is 22.0 Å². The summed E-state index contributed by atoms with van der Waals surface area (Å²) in [4.78, 5) is 0. The van der Waals surface area contributed by atoms with Gasteiger partial charge in [-0.2, -0.15) is 5.10 Å². The monoisotopic (exact) mass is 306 g/mol. The lowest BCUT2D eigenvalue weighted by atomic mass is 9.95. The third-order valence-electron chi connectivity index (χ3n) is 2.87. The Kier molecular flexibility index (Phi) is 6.26. The van der Waals surface area contributed by atoms with Gasteiger partial charge in [-0.15, -0.1) is 0 Å². The second-order valence-corrected chi connectivity index (χ2v) is 5.67. The lowest BCUT2D eigenvalue weighted by molar-refractivity contribution is 0.137. The number of ether oxygens (including phenoxy) is 1. The van der Waals surface area contributed by atoms with Gasteiger partial charge in [-0.05, 0) is 32.9 Å². The molecular weight excluding hydrogens is 284 g/mol. The predicted octanol–water partition coefficient (Wildman–Crippen LogP) is 4.58. The molecule has 1 N–H and O–H groups in total. The largest absolute Gasteiger partial charge is 0.383 e. The molecule has 0 saturated heterocycles. The SMILES string of the molecule is CC.COCC(C)(C)C#Cc1cc2n[nH]c(C)c2cc1Cl. The van der Waals surface area contributed by atoms with Crippen LogP contribution in [0.2, 0.25) is 5.02 Å². The summed E-state index contributed by atoms with van der Waals surface area (Å²) in [5.74, 6) is 6.31. The fourth-order valence-corrected chi connectivity index (χ4v) is 2.10. The Morgan fingerprint density at radius 3 is 2.62 bits per heavy atom. The molecule has 0 radical (unpaired) electrons. The maximum Gasteiger partial charge on any atom is 0.0937 e. The Morgan fingerprint density at radius 1 is 1.33 bits per heavy atom. The summed E-state index contributed by atoms with van der Waals surface area (Å²) in [7, 11) is 1.68. The van der Waals surface area contributed by atoms with Crippen LogP contribution in [0.4, 0.5) is 0 Å². The van der Waals surface area contributed by atoms with Crippen LogP contribution in [0.25, 0.3) is 10.9 Å². The van der Waals surface area contributed by atoms with Crippen molar-refractivity contribution in [2.75, 3.05) is 13.7 Å². The van der Waals surface area contributed by atoms with Crippen LogP contribution in [0.3, 0.4) is 0 Å². The number of nitrogens with one attached hydrogen (secondary N) is 1. The summed E-state index contributed by atoms with van der Waals surface area (Å²) in [6.07, 6.45) is 0. The lowest BCUT2D eigenvalue weighted by Crippen LogP contribution is -2.15. The highest BCUT2D eigenvalue weighted by Crippen LogP contribution is 2.24. The van der Waals surface area contributed by atoms with E-state index in [1.165, 1.54) is 0 Å². The Balaban J connectivity index is 0.00000106. The van der Waals surface area contributed by atoms with Gasteiger partial charge in [-0.25, -0.2) is 0 Å². The van der Waals surface area contributed by atoms with Gasteiger partial charge in [0.05, 0.1) is 17.1 Å². The van der Waals surface area contributed by atoms with Crippen LogP contribution in [0.1, 0.15) is 39.0 Å². The molecule has 2 rings (SSSR count). The van der Waals surface area contributed by atoms with Gasteiger partial charge in [0.1, 0.15) is 0 Å². The highest BCUT2D eigenvalue weighted by molar-refractivity contribution is 6.32. The molecule has 114 valence electrons. The third-order valence-corrected chi connectivity index (χ3v) is 3.19. The predicted molar refractivity (Wildman–Crippen MR) is 89.7 cm³/mol. The van der Waals surface area contributed by atoms with Crippen molar-refractivity contribution in [2.45, 2.75) is 34.6 Å². The lowest BCUT2D eigenvalue weighted by Gasteiger charge is -2.15. The van der Waals surface area contributed by atoms with E-state index >= 15 is 0 Å². The summed E-state index contributed by atoms with van der Waals surface area (Å²) in [5, 5.41) is 8.86. The van der Waals surface area contributed by atoms with E-state index in [0.717, 1.165) is 22.2 Å². The summed E-state index contributed by atoms with van der Waals surface area (Å²) in [6.45, 7) is 10.6. The maximum absolute atomic E-state index is 6.26. The summed E-state index contributed by atoms with van der Waals surface area (Å²) >= 11 is 6.26. The van der Waals surface area contributed by atoms with Gasteiger partial charge in [-0.1, -0.05) is 37.3 Å². The molecule has 1 heterocycles. The Morgan fingerprint density at radius 2 is 2.00 bits per heavy atom. The van der Waals surface area contributed by atoms with E-state index in [1.54, 1.807) is 7.11 Å².